The van der Waals surface area contributed by atoms with Crippen LogP contribution in [-0.2, 0) is 9.47 Å². The molecular formula is C53H65F3N6O6Si. The monoisotopic (exact) mass is 966 g/mol. The van der Waals surface area contributed by atoms with Crippen LogP contribution in [0, 0.1) is 23.1 Å². The number of carbonyl (C=O) groups excluding carboxylic acids is 1. The van der Waals surface area contributed by atoms with Crippen molar-refractivity contribution >= 4 is 47.3 Å². The highest BCUT2D eigenvalue weighted by atomic mass is 28.3. The van der Waals surface area contributed by atoms with Crippen molar-refractivity contribution in [2.75, 3.05) is 57.0 Å². The number of nitrogens with one attached hydrogen (secondary N) is 1. The lowest BCUT2D eigenvalue weighted by Gasteiger charge is -2.38. The Kier molecular flexibility index (Phi) is 14.2. The predicted octanol–water partition coefficient (Wildman–Crippen LogP) is 11.9. The molecule has 8 rings (SSSR count). The number of fused-ring (bicyclic) bond motifs is 2. The van der Waals surface area contributed by atoms with E-state index in [-0.39, 0.29) is 88.6 Å². The fourth-order valence-corrected chi connectivity index (χ4v) is 16.3. The van der Waals surface area contributed by atoms with Gasteiger partial charge >= 0.3 is 12.1 Å². The van der Waals surface area contributed by atoms with Gasteiger partial charge in [-0.25, -0.2) is 22.9 Å². The smallest absolute Gasteiger partial charge is 0.412 e. The van der Waals surface area contributed by atoms with Crippen LogP contribution < -0.4 is 24.4 Å². The molecule has 368 valence electrons. The highest BCUT2D eigenvalue weighted by Crippen LogP contribution is 2.47. The lowest BCUT2D eigenvalue weighted by atomic mass is 9.95. The Morgan fingerprint density at radius 3 is 2.42 bits per heavy atom. The number of para-hydroxylation sites is 1. The Balaban J connectivity index is 1.35. The first kappa shape index (κ1) is 49.8. The normalized spacial score (nSPS) is 18.9. The molecule has 1 N–H and O–H groups in total. The van der Waals surface area contributed by atoms with Crippen LogP contribution in [0.5, 0.6) is 17.6 Å². The van der Waals surface area contributed by atoms with Gasteiger partial charge in [0.25, 0.3) is 0 Å². The van der Waals surface area contributed by atoms with Crippen LogP contribution in [0.1, 0.15) is 106 Å². The summed E-state index contributed by atoms with van der Waals surface area (Å²) in [4.78, 5) is 31.9. The summed E-state index contributed by atoms with van der Waals surface area (Å²) in [5.41, 5.74) is 4.48. The second-order valence-corrected chi connectivity index (χ2v) is 26.2. The van der Waals surface area contributed by atoms with Crippen LogP contribution in [0.2, 0.25) is 16.6 Å². The van der Waals surface area contributed by atoms with Crippen molar-refractivity contribution in [1.29, 1.82) is 0 Å². The van der Waals surface area contributed by atoms with Gasteiger partial charge in [-0.2, -0.15) is 9.97 Å². The Hall–Kier alpha value is -5.63. The summed E-state index contributed by atoms with van der Waals surface area (Å²) < 4.78 is 79.5. The van der Waals surface area contributed by atoms with Crippen LogP contribution in [0.4, 0.5) is 29.5 Å². The average Bonchev–Trinajstić information content (AvgIpc) is 3.75. The number of methoxy groups -OCH3 is 1. The van der Waals surface area contributed by atoms with E-state index in [9.17, 15) is 9.18 Å². The van der Waals surface area contributed by atoms with E-state index in [1.54, 1.807) is 45.0 Å². The highest BCUT2D eigenvalue weighted by molar-refractivity contribution is 6.90. The van der Waals surface area contributed by atoms with Gasteiger partial charge in [0, 0.05) is 36.7 Å². The second-order valence-electron chi connectivity index (χ2n) is 20.6. The van der Waals surface area contributed by atoms with Crippen molar-refractivity contribution in [3.8, 4) is 40.4 Å². The molecule has 3 aromatic carbocycles. The minimum absolute atomic E-state index is 0.0562. The zero-order chi connectivity index (χ0) is 49.6. The molecule has 1 unspecified atom stereocenters. The molecule has 2 fully saturated rings. The Morgan fingerprint density at radius 1 is 0.971 bits per heavy atom. The molecule has 0 bridgehead atoms. The molecule has 2 saturated heterocycles. The van der Waals surface area contributed by atoms with E-state index in [0.29, 0.717) is 35.2 Å². The number of anilines is 2. The van der Waals surface area contributed by atoms with Crippen molar-refractivity contribution in [1.82, 2.24) is 19.9 Å². The topological polar surface area (TPSA) is 120 Å². The molecule has 0 radical (unpaired) electrons. The largest absolute Gasteiger partial charge is 0.475 e. The van der Waals surface area contributed by atoms with Crippen molar-refractivity contribution in [2.45, 2.75) is 128 Å². The SMILES string of the molecule is COCOc1cc(-c2nc3c4c(nc(OC[C@@]56CCCN5C[C@H](F)C6)nc4c2F)N(C(C)c2ccccc2NC(=O)OC(C)(C)C)CCO3)c2c(C#C[Si](C(C)C)(C(C)C)C(C)C)c(F)ccc2c1. The molecule has 3 aliphatic heterocycles. The summed E-state index contributed by atoms with van der Waals surface area (Å²) in [5.74, 6) is 2.63. The number of rotatable bonds is 13. The number of alkyl halides is 1. The third-order valence-electron chi connectivity index (χ3n) is 14.2. The number of benzene rings is 3. The number of ether oxygens (including phenoxy) is 5. The second kappa shape index (κ2) is 19.6. The zero-order valence-corrected chi connectivity index (χ0v) is 42.7. The van der Waals surface area contributed by atoms with E-state index in [2.05, 4.69) is 63.2 Å². The molecule has 0 aliphatic carbocycles. The third kappa shape index (κ3) is 9.66. The van der Waals surface area contributed by atoms with E-state index in [0.717, 1.165) is 24.9 Å². The van der Waals surface area contributed by atoms with Gasteiger partial charge in [0.05, 0.1) is 23.7 Å². The molecular weight excluding hydrogens is 902 g/mol. The maximum Gasteiger partial charge on any atom is 0.412 e. The number of amides is 1. The quantitative estimate of drug-likeness (QED) is 0.0690. The van der Waals surface area contributed by atoms with E-state index < -0.39 is 49.2 Å². The van der Waals surface area contributed by atoms with Crippen LogP contribution in [0.3, 0.4) is 0 Å². The van der Waals surface area contributed by atoms with Crippen molar-refractivity contribution in [3.05, 3.63) is 71.3 Å². The molecule has 3 aliphatic rings. The van der Waals surface area contributed by atoms with Gasteiger partial charge in [0.1, 0.15) is 67.0 Å². The number of pyridine rings is 1. The molecule has 16 heteroatoms. The summed E-state index contributed by atoms with van der Waals surface area (Å²) in [6, 6.07) is 13.1. The molecule has 2 aromatic heterocycles. The first-order valence-electron chi connectivity index (χ1n) is 24.1. The minimum Gasteiger partial charge on any atom is -0.475 e. The highest BCUT2D eigenvalue weighted by Gasteiger charge is 2.49. The van der Waals surface area contributed by atoms with Crippen molar-refractivity contribution in [2.24, 2.45) is 0 Å². The fraction of sp³-hybridized carbons (Fsp3) is 0.509. The predicted molar refractivity (Wildman–Crippen MR) is 267 cm³/mol. The number of hydrogen-bond acceptors (Lipinski definition) is 11. The van der Waals surface area contributed by atoms with E-state index in [1.165, 1.54) is 13.2 Å². The molecule has 3 atom stereocenters. The average molecular weight is 967 g/mol. The van der Waals surface area contributed by atoms with Gasteiger partial charge in [-0.05, 0) is 98.9 Å². The van der Waals surface area contributed by atoms with Gasteiger partial charge in [0.15, 0.2) is 12.6 Å². The van der Waals surface area contributed by atoms with E-state index in [4.69, 9.17) is 38.6 Å². The summed E-state index contributed by atoms with van der Waals surface area (Å²) in [7, 11) is -0.877. The lowest BCUT2D eigenvalue weighted by Crippen LogP contribution is -2.43. The minimum atomic E-state index is -2.38. The van der Waals surface area contributed by atoms with Crippen LogP contribution in [-0.4, -0.2) is 98.1 Å². The first-order chi connectivity index (χ1) is 32.8. The van der Waals surface area contributed by atoms with Gasteiger partial charge in [-0.15, -0.1) is 5.54 Å². The van der Waals surface area contributed by atoms with Crippen LogP contribution in [0.15, 0.2) is 48.5 Å². The van der Waals surface area contributed by atoms with Crippen molar-refractivity contribution in [3.63, 3.8) is 0 Å². The summed E-state index contributed by atoms with van der Waals surface area (Å²) >= 11 is 0. The number of aromatic nitrogens is 3. The Bertz CT molecular complexity index is 2790. The molecule has 5 heterocycles. The van der Waals surface area contributed by atoms with Gasteiger partial charge < -0.3 is 28.6 Å². The summed E-state index contributed by atoms with van der Waals surface area (Å²) in [5, 5.41) is 4.01. The number of halogens is 3. The summed E-state index contributed by atoms with van der Waals surface area (Å²) in [6.07, 6.45) is 0.336. The Labute approximate surface area is 404 Å². The first-order valence-corrected chi connectivity index (χ1v) is 26.3. The van der Waals surface area contributed by atoms with Gasteiger partial charge in [-0.1, -0.05) is 71.7 Å². The number of nitrogens with zero attached hydrogens (tertiary/aromatic N) is 5. The molecule has 5 aromatic rings. The fourth-order valence-electron chi connectivity index (χ4n) is 11.1. The third-order valence-corrected chi connectivity index (χ3v) is 20.5. The maximum atomic E-state index is 18.2. The Morgan fingerprint density at radius 2 is 1.71 bits per heavy atom. The van der Waals surface area contributed by atoms with Crippen LogP contribution in [0.25, 0.3) is 32.9 Å². The lowest BCUT2D eigenvalue weighted by molar-refractivity contribution is 0.0512. The zero-order valence-electron chi connectivity index (χ0n) is 41.7. The van der Waals surface area contributed by atoms with E-state index in [1.807, 2.05) is 30.0 Å². The molecule has 69 heavy (non-hydrogen) atoms. The maximum absolute atomic E-state index is 18.2. The van der Waals surface area contributed by atoms with Crippen molar-refractivity contribution < 1.29 is 41.7 Å². The molecule has 1 amide bonds. The number of carbonyl (C=O) groups is 1. The van der Waals surface area contributed by atoms with Gasteiger partial charge in [0.2, 0.25) is 5.88 Å². The summed E-state index contributed by atoms with van der Waals surface area (Å²) in [6.45, 7) is 21.9. The molecule has 12 nitrogen and oxygen atoms in total. The standard InChI is InChI=1S/C53H65F3N6O6Si/c1-31(2)69(32(3)4,33(5)6)24-19-39-41(55)18-17-35-25-37(67-30-64-11)26-40(43(35)39)46-45(56)47-44-48(60-50(59-47)66-29-53-20-14-21-61(53)28-36(54)27-53)62(22-23-65-49(44)58-46)34(7)38-15-12-13-16-42(38)57-51(63)68-52(8,9)10/h12-13,15-18,25-26,31-34,36H,14,20-23,27-30H2,1-11H3,(H,57,63)/t34?,36-,53+/m1/s1. The molecule has 0 saturated carbocycles. The van der Waals surface area contributed by atoms with Gasteiger partial charge in [-0.3, -0.25) is 10.2 Å². The molecule has 0 spiro atoms. The number of hydrogen-bond donors (Lipinski definition) is 1. The van der Waals surface area contributed by atoms with Crippen LogP contribution >= 0.6 is 0 Å². The van der Waals surface area contributed by atoms with E-state index >= 15 is 8.78 Å².